The Morgan fingerprint density at radius 1 is 1.15 bits per heavy atom. The van der Waals surface area contributed by atoms with Gasteiger partial charge in [0.1, 0.15) is 11.5 Å². The van der Waals surface area contributed by atoms with E-state index in [0.29, 0.717) is 39.5 Å². The maximum atomic E-state index is 12.3. The zero-order chi connectivity index (χ0) is 18.9. The summed E-state index contributed by atoms with van der Waals surface area (Å²) in [6.45, 7) is 4.21. The minimum absolute atomic E-state index is 0.0123. The Balaban J connectivity index is 1.54. The number of amides is 1. The van der Waals surface area contributed by atoms with Crippen LogP contribution in [0.15, 0.2) is 41.3 Å². The van der Waals surface area contributed by atoms with Crippen LogP contribution in [0.3, 0.4) is 0 Å². The molecule has 26 heavy (non-hydrogen) atoms. The summed E-state index contributed by atoms with van der Waals surface area (Å²) in [4.78, 5) is 12.6. The Morgan fingerprint density at radius 2 is 1.92 bits per heavy atom. The predicted octanol–water partition coefficient (Wildman–Crippen LogP) is 4.80. The molecule has 138 valence electrons. The van der Waals surface area contributed by atoms with E-state index < -0.39 is 16.6 Å². The largest absolute Gasteiger partial charge is 0.611 e. The second-order valence-electron chi connectivity index (χ2n) is 6.61. The van der Waals surface area contributed by atoms with Gasteiger partial charge in [0.2, 0.25) is 5.91 Å². The van der Waals surface area contributed by atoms with Gasteiger partial charge in [-0.25, -0.2) is 0 Å². The van der Waals surface area contributed by atoms with Crippen molar-refractivity contribution in [2.24, 2.45) is 0 Å². The molecule has 3 rings (SSSR count). The average Bonchev–Trinajstić information content (AvgIpc) is 2.83. The molecule has 0 spiro atoms. The van der Waals surface area contributed by atoms with Crippen molar-refractivity contribution in [2.75, 3.05) is 17.7 Å². The molecule has 7 heteroatoms. The molecule has 0 aliphatic carbocycles. The molecule has 1 amide bonds. The van der Waals surface area contributed by atoms with Crippen LogP contribution in [0.4, 0.5) is 5.69 Å². The lowest BCUT2D eigenvalue weighted by Gasteiger charge is -2.16. The SMILES string of the molecule is CC1(C)C(=O)Nc2ccc(OCCC[S+]([O-])c3ccc(Cl)c(Cl)c3)cc21. The Kier molecular flexibility index (Phi) is 5.72. The lowest BCUT2D eigenvalue weighted by atomic mass is 9.86. The molecule has 1 aliphatic heterocycles. The van der Waals surface area contributed by atoms with Gasteiger partial charge in [-0.15, -0.1) is 0 Å². The van der Waals surface area contributed by atoms with Gasteiger partial charge in [0.25, 0.3) is 0 Å². The number of ether oxygens (including phenoxy) is 1. The normalized spacial score (nSPS) is 16.1. The summed E-state index contributed by atoms with van der Waals surface area (Å²) >= 11 is 10.7. The molecule has 0 radical (unpaired) electrons. The summed E-state index contributed by atoms with van der Waals surface area (Å²) < 4.78 is 18.1. The fourth-order valence-electron chi connectivity index (χ4n) is 2.76. The van der Waals surface area contributed by atoms with Gasteiger partial charge in [-0.3, -0.25) is 4.79 Å². The maximum Gasteiger partial charge on any atom is 0.234 e. The molecule has 1 aliphatic rings. The van der Waals surface area contributed by atoms with Crippen molar-refractivity contribution in [1.82, 2.24) is 0 Å². The molecule has 2 aromatic rings. The second-order valence-corrected chi connectivity index (χ2v) is 9.00. The van der Waals surface area contributed by atoms with Crippen molar-refractivity contribution in [3.63, 3.8) is 0 Å². The fraction of sp³-hybridized carbons (Fsp3) is 0.316. The molecule has 0 saturated carbocycles. The minimum Gasteiger partial charge on any atom is -0.611 e. The van der Waals surface area contributed by atoms with Crippen molar-refractivity contribution in [3.8, 4) is 5.75 Å². The molecule has 1 unspecified atom stereocenters. The van der Waals surface area contributed by atoms with Crippen molar-refractivity contribution >= 4 is 46.0 Å². The van der Waals surface area contributed by atoms with Crippen molar-refractivity contribution in [1.29, 1.82) is 0 Å². The molecule has 1 N–H and O–H groups in total. The van der Waals surface area contributed by atoms with Crippen LogP contribution in [-0.4, -0.2) is 22.8 Å². The van der Waals surface area contributed by atoms with Crippen molar-refractivity contribution < 1.29 is 14.1 Å². The Morgan fingerprint density at radius 3 is 2.65 bits per heavy atom. The summed E-state index contributed by atoms with van der Waals surface area (Å²) in [7, 11) is 0. The van der Waals surface area contributed by atoms with Gasteiger partial charge < -0.3 is 14.6 Å². The monoisotopic (exact) mass is 411 g/mol. The number of hydrogen-bond donors (Lipinski definition) is 1. The first kappa shape index (κ1) is 19.4. The number of carbonyl (C=O) groups is 1. The average molecular weight is 412 g/mol. The lowest BCUT2D eigenvalue weighted by Crippen LogP contribution is -2.26. The van der Waals surface area contributed by atoms with E-state index in [1.165, 1.54) is 0 Å². The highest BCUT2D eigenvalue weighted by Gasteiger charge is 2.38. The molecule has 1 heterocycles. The number of rotatable bonds is 6. The third-order valence-electron chi connectivity index (χ3n) is 4.38. The number of hydrogen-bond acceptors (Lipinski definition) is 3. The number of nitrogens with one attached hydrogen (secondary N) is 1. The predicted molar refractivity (Wildman–Crippen MR) is 106 cm³/mol. The molecule has 4 nitrogen and oxygen atoms in total. The number of benzene rings is 2. The fourth-order valence-corrected chi connectivity index (χ4v) is 4.20. The van der Waals surface area contributed by atoms with E-state index in [-0.39, 0.29) is 5.91 Å². The number of anilines is 1. The lowest BCUT2D eigenvalue weighted by molar-refractivity contribution is -0.119. The summed E-state index contributed by atoms with van der Waals surface area (Å²) in [6, 6.07) is 10.6. The van der Waals surface area contributed by atoms with Gasteiger partial charge in [-0.2, -0.15) is 0 Å². The number of fused-ring (bicyclic) bond motifs is 1. The minimum atomic E-state index is -1.15. The number of carbonyl (C=O) groups excluding carboxylic acids is 1. The van der Waals surface area contributed by atoms with Crippen LogP contribution in [0.25, 0.3) is 0 Å². The molecule has 1 atom stereocenters. The van der Waals surface area contributed by atoms with Gasteiger partial charge >= 0.3 is 0 Å². The molecule has 0 bridgehead atoms. The maximum absolute atomic E-state index is 12.3. The van der Waals surface area contributed by atoms with Gasteiger partial charge in [-0.05, 0) is 60.9 Å². The molecule has 2 aromatic carbocycles. The van der Waals surface area contributed by atoms with Crippen molar-refractivity contribution in [2.45, 2.75) is 30.6 Å². The smallest absolute Gasteiger partial charge is 0.234 e. The topological polar surface area (TPSA) is 61.4 Å². The highest BCUT2D eigenvalue weighted by Crippen LogP contribution is 2.39. The second kappa shape index (κ2) is 7.69. The van der Waals surface area contributed by atoms with Crippen LogP contribution < -0.4 is 10.1 Å². The zero-order valence-electron chi connectivity index (χ0n) is 14.5. The van der Waals surface area contributed by atoms with Gasteiger partial charge in [0.05, 0.1) is 22.1 Å². The van der Waals surface area contributed by atoms with Crippen LogP contribution >= 0.6 is 23.2 Å². The van der Waals surface area contributed by atoms with Gasteiger partial charge in [0.15, 0.2) is 4.90 Å². The van der Waals surface area contributed by atoms with E-state index in [4.69, 9.17) is 27.9 Å². The third kappa shape index (κ3) is 3.96. The highest BCUT2D eigenvalue weighted by atomic mass is 35.5. The van der Waals surface area contributed by atoms with E-state index in [1.807, 2.05) is 32.0 Å². The van der Waals surface area contributed by atoms with E-state index >= 15 is 0 Å². The first-order chi connectivity index (χ1) is 12.3. The van der Waals surface area contributed by atoms with Crippen LogP contribution in [0.1, 0.15) is 25.8 Å². The van der Waals surface area contributed by atoms with Gasteiger partial charge in [-0.1, -0.05) is 23.2 Å². The first-order valence-corrected chi connectivity index (χ1v) is 10.3. The highest BCUT2D eigenvalue weighted by molar-refractivity contribution is 7.91. The van der Waals surface area contributed by atoms with E-state index in [9.17, 15) is 9.35 Å². The number of halogens is 2. The summed E-state index contributed by atoms with van der Waals surface area (Å²) in [5.41, 5.74) is 1.19. The molecular weight excluding hydrogens is 393 g/mol. The first-order valence-electron chi connectivity index (χ1n) is 8.21. The quantitative estimate of drug-likeness (QED) is 0.548. The van der Waals surface area contributed by atoms with Crippen LogP contribution in [0.5, 0.6) is 5.75 Å². The third-order valence-corrected chi connectivity index (χ3v) is 6.56. The van der Waals surface area contributed by atoms with E-state index in [0.717, 1.165) is 11.3 Å². The summed E-state index contributed by atoms with van der Waals surface area (Å²) in [6.07, 6.45) is 0.629. The zero-order valence-corrected chi connectivity index (χ0v) is 16.8. The van der Waals surface area contributed by atoms with Crippen LogP contribution in [0, 0.1) is 0 Å². The molecular formula is C19H19Cl2NO3S. The molecule has 0 fully saturated rings. The van der Waals surface area contributed by atoms with Crippen molar-refractivity contribution in [3.05, 3.63) is 52.0 Å². The van der Waals surface area contributed by atoms with Gasteiger partial charge in [0, 0.05) is 18.2 Å². The van der Waals surface area contributed by atoms with E-state index in [1.54, 1.807) is 18.2 Å². The molecule has 0 aromatic heterocycles. The Hall–Kier alpha value is -1.40. The Labute approximate surface area is 166 Å². The summed E-state index contributed by atoms with van der Waals surface area (Å²) in [5, 5.41) is 3.72. The Bertz CT molecular complexity index is 842. The molecule has 0 saturated heterocycles. The van der Waals surface area contributed by atoms with E-state index in [2.05, 4.69) is 5.32 Å². The van der Waals surface area contributed by atoms with Crippen LogP contribution in [0.2, 0.25) is 10.0 Å². The standard InChI is InChI=1S/C19H19Cl2NO3S/c1-19(2)14-10-12(4-7-17(14)22-18(19)23)25-8-3-9-26(24)13-5-6-15(20)16(21)11-13/h4-7,10-11H,3,8-9H2,1-2H3,(H,22,23). The van der Waals surface area contributed by atoms with Crippen LogP contribution in [-0.2, 0) is 21.4 Å². The summed E-state index contributed by atoms with van der Waals surface area (Å²) in [5.74, 6) is 1.16.